The van der Waals surface area contributed by atoms with Crippen LogP contribution in [0, 0.1) is 5.92 Å². The Balaban J connectivity index is 1.54. The molecule has 0 amide bonds. The molecule has 1 saturated heterocycles. The molecule has 0 radical (unpaired) electrons. The number of benzene rings is 2. The Morgan fingerprint density at radius 2 is 2.00 bits per heavy atom. The number of hydrogen-bond acceptors (Lipinski definition) is 3. The molecule has 2 N–H and O–H groups in total. The molecule has 0 saturated carbocycles. The van der Waals surface area contributed by atoms with Crippen LogP contribution in [0.2, 0.25) is 5.02 Å². The zero-order valence-corrected chi connectivity index (χ0v) is 14.5. The summed E-state index contributed by atoms with van der Waals surface area (Å²) in [5.41, 5.74) is 9.90. The van der Waals surface area contributed by atoms with E-state index in [0.717, 1.165) is 50.0 Å². The molecule has 3 nitrogen and oxygen atoms in total. The first-order chi connectivity index (χ1) is 11.7. The van der Waals surface area contributed by atoms with Gasteiger partial charge in [0.25, 0.3) is 0 Å². The van der Waals surface area contributed by atoms with Crippen molar-refractivity contribution in [1.82, 2.24) is 4.90 Å². The summed E-state index contributed by atoms with van der Waals surface area (Å²) in [5.74, 6) is 2.05. The number of halogens is 1. The zero-order chi connectivity index (χ0) is 16.5. The molecule has 2 atom stereocenters. The van der Waals surface area contributed by atoms with Crippen LogP contribution in [0.1, 0.15) is 22.6 Å². The minimum atomic E-state index is 0.501. The van der Waals surface area contributed by atoms with Crippen LogP contribution in [0.4, 0.5) is 0 Å². The molecule has 2 heterocycles. The molecule has 2 aliphatic rings. The summed E-state index contributed by atoms with van der Waals surface area (Å²) in [6, 6.07) is 14.8. The first kappa shape index (κ1) is 15.9. The SMILES string of the molecule is NC[C@@H]1CN(Cc2cc(Cl)cc3c2OCC3)C[C@H]1c1ccccc1. The van der Waals surface area contributed by atoms with Crippen LogP contribution in [0.3, 0.4) is 0 Å². The van der Waals surface area contributed by atoms with Gasteiger partial charge in [0.15, 0.2) is 0 Å². The molecule has 4 heteroatoms. The fourth-order valence-electron chi connectivity index (χ4n) is 4.11. The number of fused-ring (bicyclic) bond motifs is 1. The van der Waals surface area contributed by atoms with Gasteiger partial charge in [0.05, 0.1) is 6.61 Å². The predicted octanol–water partition coefficient (Wildman–Crippen LogP) is 3.45. The van der Waals surface area contributed by atoms with E-state index in [1.54, 1.807) is 0 Å². The van der Waals surface area contributed by atoms with Crippen LogP contribution in [0.25, 0.3) is 0 Å². The average Bonchev–Trinajstić information content (AvgIpc) is 3.22. The van der Waals surface area contributed by atoms with Gasteiger partial charge in [0.1, 0.15) is 5.75 Å². The second-order valence-corrected chi connectivity index (χ2v) is 7.30. The Morgan fingerprint density at radius 1 is 1.17 bits per heavy atom. The highest BCUT2D eigenvalue weighted by molar-refractivity contribution is 6.30. The van der Waals surface area contributed by atoms with Gasteiger partial charge in [-0.05, 0) is 35.7 Å². The first-order valence-corrected chi connectivity index (χ1v) is 9.04. The lowest BCUT2D eigenvalue weighted by molar-refractivity contribution is 0.303. The second kappa shape index (κ2) is 6.75. The van der Waals surface area contributed by atoms with Crippen molar-refractivity contribution in [3.05, 3.63) is 64.2 Å². The van der Waals surface area contributed by atoms with Crippen molar-refractivity contribution in [2.75, 3.05) is 26.2 Å². The van der Waals surface area contributed by atoms with Crippen LogP contribution in [-0.4, -0.2) is 31.1 Å². The molecule has 2 aliphatic heterocycles. The Hall–Kier alpha value is -1.55. The Kier molecular flexibility index (Phi) is 4.49. The fraction of sp³-hybridized carbons (Fsp3) is 0.400. The molecule has 0 spiro atoms. The summed E-state index contributed by atoms with van der Waals surface area (Å²) >= 11 is 6.30. The predicted molar refractivity (Wildman–Crippen MR) is 97.7 cm³/mol. The van der Waals surface area contributed by atoms with Gasteiger partial charge in [-0.3, -0.25) is 4.90 Å². The van der Waals surface area contributed by atoms with Gasteiger partial charge in [-0.2, -0.15) is 0 Å². The van der Waals surface area contributed by atoms with Crippen LogP contribution >= 0.6 is 11.6 Å². The molecule has 2 aromatic rings. The monoisotopic (exact) mass is 342 g/mol. The Morgan fingerprint density at radius 3 is 2.79 bits per heavy atom. The number of ether oxygens (including phenoxy) is 1. The average molecular weight is 343 g/mol. The van der Waals surface area contributed by atoms with Crippen molar-refractivity contribution in [3.8, 4) is 5.75 Å². The van der Waals surface area contributed by atoms with Crippen molar-refractivity contribution in [3.63, 3.8) is 0 Å². The molecule has 0 aromatic heterocycles. The van der Waals surface area contributed by atoms with E-state index < -0.39 is 0 Å². The van der Waals surface area contributed by atoms with Gasteiger partial charge >= 0.3 is 0 Å². The van der Waals surface area contributed by atoms with Crippen molar-refractivity contribution in [1.29, 1.82) is 0 Å². The van der Waals surface area contributed by atoms with Crippen LogP contribution in [0.15, 0.2) is 42.5 Å². The lowest BCUT2D eigenvalue weighted by atomic mass is 9.89. The third-order valence-electron chi connectivity index (χ3n) is 5.27. The topological polar surface area (TPSA) is 38.5 Å². The van der Waals surface area contributed by atoms with E-state index in [9.17, 15) is 0 Å². The van der Waals surface area contributed by atoms with Gasteiger partial charge in [-0.25, -0.2) is 0 Å². The molecule has 0 bridgehead atoms. The number of rotatable bonds is 4. The van der Waals surface area contributed by atoms with Crippen molar-refractivity contribution >= 4 is 11.6 Å². The highest BCUT2D eigenvalue weighted by atomic mass is 35.5. The highest BCUT2D eigenvalue weighted by Crippen LogP contribution is 2.37. The molecule has 0 aliphatic carbocycles. The third-order valence-corrected chi connectivity index (χ3v) is 5.48. The van der Waals surface area contributed by atoms with Gasteiger partial charge in [-0.1, -0.05) is 41.9 Å². The van der Waals surface area contributed by atoms with E-state index in [1.807, 2.05) is 6.07 Å². The smallest absolute Gasteiger partial charge is 0.127 e. The van der Waals surface area contributed by atoms with Crippen molar-refractivity contribution in [2.24, 2.45) is 11.7 Å². The molecule has 4 rings (SSSR count). The van der Waals surface area contributed by atoms with Crippen LogP contribution in [-0.2, 0) is 13.0 Å². The normalized spacial score (nSPS) is 23.2. The first-order valence-electron chi connectivity index (χ1n) is 8.66. The van der Waals surface area contributed by atoms with Gasteiger partial charge in [0, 0.05) is 42.6 Å². The molecule has 0 unspecified atom stereocenters. The van der Waals surface area contributed by atoms with E-state index in [-0.39, 0.29) is 0 Å². The summed E-state index contributed by atoms with van der Waals surface area (Å²) in [5, 5.41) is 0.809. The standard InChI is InChI=1S/C20H23ClN2O/c21-18-8-15-6-7-24-20(15)16(9-18)11-23-12-17(10-22)19(13-23)14-4-2-1-3-5-14/h1-5,8-9,17,19H,6-7,10-13,22H2/t17-,19+/m1/s1. The lowest BCUT2D eigenvalue weighted by Gasteiger charge is -2.18. The molecule has 1 fully saturated rings. The lowest BCUT2D eigenvalue weighted by Crippen LogP contribution is -2.23. The van der Waals surface area contributed by atoms with E-state index in [2.05, 4.69) is 41.3 Å². The van der Waals surface area contributed by atoms with Crippen LogP contribution in [0.5, 0.6) is 5.75 Å². The maximum absolute atomic E-state index is 6.30. The number of hydrogen-bond donors (Lipinski definition) is 1. The van der Waals surface area contributed by atoms with Crippen molar-refractivity contribution < 1.29 is 4.74 Å². The Bertz CT molecular complexity index is 719. The maximum atomic E-state index is 6.30. The van der Waals surface area contributed by atoms with Crippen LogP contribution < -0.4 is 10.5 Å². The molecular formula is C20H23ClN2O. The minimum absolute atomic E-state index is 0.501. The highest BCUT2D eigenvalue weighted by Gasteiger charge is 2.33. The molecule has 126 valence electrons. The maximum Gasteiger partial charge on any atom is 0.127 e. The zero-order valence-electron chi connectivity index (χ0n) is 13.7. The summed E-state index contributed by atoms with van der Waals surface area (Å²) in [7, 11) is 0. The summed E-state index contributed by atoms with van der Waals surface area (Å²) < 4.78 is 5.85. The Labute approximate surface area is 148 Å². The summed E-state index contributed by atoms with van der Waals surface area (Å²) in [6.45, 7) is 4.42. The van der Waals surface area contributed by atoms with Gasteiger partial charge in [0.2, 0.25) is 0 Å². The largest absolute Gasteiger partial charge is 0.493 e. The number of likely N-dealkylation sites (tertiary alicyclic amines) is 1. The second-order valence-electron chi connectivity index (χ2n) is 6.86. The molecule has 24 heavy (non-hydrogen) atoms. The van der Waals surface area contributed by atoms with E-state index >= 15 is 0 Å². The van der Waals surface area contributed by atoms with E-state index in [1.165, 1.54) is 16.7 Å². The van der Waals surface area contributed by atoms with Gasteiger partial charge in [-0.15, -0.1) is 0 Å². The summed E-state index contributed by atoms with van der Waals surface area (Å²) in [4.78, 5) is 2.49. The van der Waals surface area contributed by atoms with E-state index in [0.29, 0.717) is 11.8 Å². The molecule has 2 aromatic carbocycles. The van der Waals surface area contributed by atoms with E-state index in [4.69, 9.17) is 22.1 Å². The minimum Gasteiger partial charge on any atom is -0.493 e. The van der Waals surface area contributed by atoms with Crippen molar-refractivity contribution in [2.45, 2.75) is 18.9 Å². The quantitative estimate of drug-likeness (QED) is 0.924. The number of nitrogens with two attached hydrogens (primary N) is 1. The number of nitrogens with zero attached hydrogens (tertiary/aromatic N) is 1. The van der Waals surface area contributed by atoms with Gasteiger partial charge < -0.3 is 10.5 Å². The third kappa shape index (κ3) is 3.04. The molecular weight excluding hydrogens is 320 g/mol. The summed E-state index contributed by atoms with van der Waals surface area (Å²) in [6.07, 6.45) is 0.959. The fourth-order valence-corrected chi connectivity index (χ4v) is 4.37.